The molecule has 1 unspecified atom stereocenters. The number of benzene rings is 1. The van der Waals surface area contributed by atoms with Crippen LogP contribution in [0.25, 0.3) is 0 Å². The number of nitrogens with zero attached hydrogens (tertiary/aromatic N) is 4. The number of carbonyl (C=O) groups excluding carboxylic acids is 4. The third-order valence-electron chi connectivity index (χ3n) is 8.96. The molecule has 16 heteroatoms. The van der Waals surface area contributed by atoms with Gasteiger partial charge in [0.1, 0.15) is 5.60 Å². The normalized spacial score (nSPS) is 18.3. The number of aryl methyl sites for hydroxylation is 1. The van der Waals surface area contributed by atoms with Crippen LogP contribution < -0.4 is 15.8 Å². The molecule has 0 bridgehead atoms. The number of piperidine rings is 2. The molecule has 0 spiro atoms. The molecule has 4 N–H and O–H groups in total. The van der Waals surface area contributed by atoms with Crippen LogP contribution in [0.15, 0.2) is 45.7 Å². The van der Waals surface area contributed by atoms with Gasteiger partial charge < -0.3 is 25.6 Å². The van der Waals surface area contributed by atoms with Crippen LogP contribution in [0.4, 0.5) is 4.79 Å². The lowest BCUT2D eigenvalue weighted by molar-refractivity contribution is -0.142. The second kappa shape index (κ2) is 17.9. The molecule has 1 aromatic heterocycles. The van der Waals surface area contributed by atoms with E-state index in [0.717, 1.165) is 44.1 Å². The van der Waals surface area contributed by atoms with E-state index in [2.05, 4.69) is 20.0 Å². The van der Waals surface area contributed by atoms with E-state index in [1.807, 2.05) is 27.7 Å². The molecule has 4 rings (SSSR count). The van der Waals surface area contributed by atoms with Crippen molar-refractivity contribution in [3.63, 3.8) is 0 Å². The molecule has 3 amide bonds. The number of ether oxygens (including phenoxy) is 1. The average molecular weight is 746 g/mol. The summed E-state index contributed by atoms with van der Waals surface area (Å²) in [5.41, 5.74) is 6.23. The lowest BCUT2D eigenvalue weighted by Crippen LogP contribution is -2.50. The van der Waals surface area contributed by atoms with Crippen molar-refractivity contribution < 1.29 is 32.3 Å². The van der Waals surface area contributed by atoms with E-state index in [4.69, 9.17) is 10.5 Å². The topological polar surface area (TPSA) is 193 Å². The van der Waals surface area contributed by atoms with E-state index in [1.54, 1.807) is 27.3 Å². The number of guanidine groups is 1. The third kappa shape index (κ3) is 12.3. The number of ketones is 1. The van der Waals surface area contributed by atoms with Crippen molar-refractivity contribution in [2.24, 2.45) is 22.6 Å². The van der Waals surface area contributed by atoms with Gasteiger partial charge in [-0.25, -0.2) is 22.9 Å². The molecule has 2 aromatic rings. The van der Waals surface area contributed by atoms with Crippen LogP contribution in [0.2, 0.25) is 0 Å². The van der Waals surface area contributed by atoms with Crippen molar-refractivity contribution in [1.29, 1.82) is 0 Å². The highest BCUT2D eigenvalue weighted by molar-refractivity contribution is 7.90. The van der Waals surface area contributed by atoms with Crippen LogP contribution in [0.5, 0.6) is 0 Å². The Labute approximate surface area is 304 Å². The maximum absolute atomic E-state index is 13.4. The summed E-state index contributed by atoms with van der Waals surface area (Å²) in [7, 11) is -3.90. The Morgan fingerprint density at radius 3 is 2.45 bits per heavy atom. The van der Waals surface area contributed by atoms with E-state index in [0.29, 0.717) is 32.0 Å². The van der Waals surface area contributed by atoms with Crippen LogP contribution in [-0.4, -0.2) is 97.2 Å². The Hall–Kier alpha value is -4.05. The molecule has 1 aromatic carbocycles. The largest absolute Gasteiger partial charge is 0.444 e. The standard InChI is InChI=1S/C35H51N7O7S2/c1-24-9-13-27(14-10-24)51(47,48)40-33(36)38-17-5-8-28(30(44)31-37-18-22-50-31)39-29(43)23-42-19-6-7-26(32(42)45)12-11-25-15-20-41(21-16-25)34(46)49-35(2,3)4/h9-10,13-14,18,22,25-26,28H,5-8,11-12,15-17,19-21,23H2,1-4H3,(H,39,43)(H3,36,38,40)/t26?,28-/m0/s1. The van der Waals surface area contributed by atoms with E-state index in [-0.39, 0.29) is 59.1 Å². The van der Waals surface area contributed by atoms with Crippen molar-refractivity contribution in [1.82, 2.24) is 24.8 Å². The van der Waals surface area contributed by atoms with Gasteiger partial charge in [0.25, 0.3) is 10.0 Å². The Morgan fingerprint density at radius 2 is 1.80 bits per heavy atom. The number of likely N-dealkylation sites (tertiary alicyclic amines) is 2. The number of thiazole rings is 1. The number of hydrogen-bond acceptors (Lipinski definition) is 10. The van der Waals surface area contributed by atoms with Crippen LogP contribution in [0, 0.1) is 18.8 Å². The van der Waals surface area contributed by atoms with Crippen LogP contribution in [0.1, 0.15) is 87.5 Å². The molecular formula is C35H51N7O7S2. The Bertz CT molecular complexity index is 1630. The highest BCUT2D eigenvalue weighted by Gasteiger charge is 2.33. The first kappa shape index (κ1) is 39.7. The quantitative estimate of drug-likeness (QED) is 0.111. The number of sulfonamides is 1. The SMILES string of the molecule is Cc1ccc(S(=O)(=O)NC(N)=NCCC[C@H](NC(=O)CN2CCCC(CCC3CCN(C(=O)OC(C)(C)C)CC3)C2=O)C(=O)c2nccs2)cc1. The van der Waals surface area contributed by atoms with Crippen LogP contribution in [-0.2, 0) is 24.3 Å². The van der Waals surface area contributed by atoms with Crippen LogP contribution in [0.3, 0.4) is 0 Å². The smallest absolute Gasteiger partial charge is 0.410 e. The van der Waals surface area contributed by atoms with E-state index >= 15 is 0 Å². The molecule has 14 nitrogen and oxygen atoms in total. The second-order valence-electron chi connectivity index (χ2n) is 14.2. The minimum atomic E-state index is -3.90. The molecule has 2 atom stereocenters. The molecule has 51 heavy (non-hydrogen) atoms. The van der Waals surface area contributed by atoms with Crippen molar-refractivity contribution in [3.8, 4) is 0 Å². The van der Waals surface area contributed by atoms with Gasteiger partial charge >= 0.3 is 6.09 Å². The predicted octanol–water partition coefficient (Wildman–Crippen LogP) is 3.86. The van der Waals surface area contributed by atoms with Crippen molar-refractivity contribution >= 4 is 51.0 Å². The lowest BCUT2D eigenvalue weighted by Gasteiger charge is -2.35. The molecule has 2 saturated heterocycles. The molecule has 0 aliphatic carbocycles. The summed E-state index contributed by atoms with van der Waals surface area (Å²) >= 11 is 1.17. The Kier molecular flexibility index (Phi) is 14.0. The first-order valence-electron chi connectivity index (χ1n) is 17.5. The molecular weight excluding hydrogens is 695 g/mol. The summed E-state index contributed by atoms with van der Waals surface area (Å²) in [5.74, 6) is -0.885. The Balaban J connectivity index is 1.26. The van der Waals surface area contributed by atoms with Gasteiger partial charge in [-0.05, 0) is 97.1 Å². The van der Waals surface area contributed by atoms with Crippen LogP contribution >= 0.6 is 11.3 Å². The summed E-state index contributed by atoms with van der Waals surface area (Å²) in [6, 6.07) is 5.39. The number of aromatic nitrogens is 1. The predicted molar refractivity (Wildman–Crippen MR) is 195 cm³/mol. The number of nitrogens with one attached hydrogen (secondary N) is 2. The summed E-state index contributed by atoms with van der Waals surface area (Å²) < 4.78 is 33.0. The van der Waals surface area contributed by atoms with Gasteiger partial charge in [-0.3, -0.25) is 19.4 Å². The minimum absolute atomic E-state index is 0.0525. The van der Waals surface area contributed by atoms with Gasteiger partial charge in [0.05, 0.1) is 17.5 Å². The van der Waals surface area contributed by atoms with Gasteiger partial charge in [0.2, 0.25) is 23.6 Å². The van der Waals surface area contributed by atoms with Crippen molar-refractivity contribution in [2.45, 2.75) is 95.6 Å². The van der Waals surface area contributed by atoms with E-state index in [1.165, 1.54) is 29.7 Å². The molecule has 2 aliphatic heterocycles. The number of nitrogens with two attached hydrogens (primary N) is 1. The van der Waals surface area contributed by atoms with Gasteiger partial charge in [-0.1, -0.05) is 17.7 Å². The maximum atomic E-state index is 13.4. The Morgan fingerprint density at radius 1 is 1.10 bits per heavy atom. The fourth-order valence-corrected chi connectivity index (χ4v) is 7.81. The number of hydrogen-bond donors (Lipinski definition) is 3. The van der Waals surface area contributed by atoms with Gasteiger partial charge in [0.15, 0.2) is 5.01 Å². The zero-order valence-corrected chi connectivity index (χ0v) is 31.6. The molecule has 280 valence electrons. The first-order chi connectivity index (χ1) is 24.1. The second-order valence-corrected chi connectivity index (χ2v) is 16.8. The maximum Gasteiger partial charge on any atom is 0.410 e. The summed E-state index contributed by atoms with van der Waals surface area (Å²) in [4.78, 5) is 63.9. The zero-order chi connectivity index (χ0) is 37.2. The summed E-state index contributed by atoms with van der Waals surface area (Å²) in [6.45, 7) is 9.10. The highest BCUT2D eigenvalue weighted by atomic mass is 32.2. The highest BCUT2D eigenvalue weighted by Crippen LogP contribution is 2.29. The number of carbonyl (C=O) groups is 4. The third-order valence-corrected chi connectivity index (χ3v) is 11.1. The summed E-state index contributed by atoms with van der Waals surface area (Å²) in [6.07, 6.45) is 6.63. The first-order valence-corrected chi connectivity index (χ1v) is 19.9. The monoisotopic (exact) mass is 745 g/mol. The molecule has 3 heterocycles. The van der Waals surface area contributed by atoms with E-state index < -0.39 is 27.6 Å². The molecule has 0 radical (unpaired) electrons. The van der Waals surface area contributed by atoms with E-state index in [9.17, 15) is 27.6 Å². The molecule has 2 fully saturated rings. The molecule has 2 aliphatic rings. The number of amides is 3. The zero-order valence-electron chi connectivity index (χ0n) is 29.9. The number of rotatable bonds is 14. The summed E-state index contributed by atoms with van der Waals surface area (Å²) in [5, 5.41) is 4.73. The average Bonchev–Trinajstić information content (AvgIpc) is 3.61. The van der Waals surface area contributed by atoms with Gasteiger partial charge in [-0.2, -0.15) is 0 Å². The fourth-order valence-electron chi connectivity index (χ4n) is 6.23. The fraction of sp³-hybridized carbons (Fsp3) is 0.600. The van der Waals surface area contributed by atoms with Crippen molar-refractivity contribution in [3.05, 3.63) is 46.4 Å². The minimum Gasteiger partial charge on any atom is -0.444 e. The number of Topliss-reactive ketones (excluding diaryl/α,β-unsaturated/α-hetero) is 1. The van der Waals surface area contributed by atoms with Crippen molar-refractivity contribution in [2.75, 3.05) is 32.7 Å². The lowest BCUT2D eigenvalue weighted by atomic mass is 9.85. The van der Waals surface area contributed by atoms with Gasteiger partial charge in [-0.15, -0.1) is 11.3 Å². The molecule has 0 saturated carbocycles. The number of aliphatic imine (C=N–C) groups is 1. The van der Waals surface area contributed by atoms with Gasteiger partial charge in [0, 0.05) is 43.7 Å².